The third kappa shape index (κ3) is 3.93. The van der Waals surface area contributed by atoms with E-state index in [2.05, 4.69) is 30.6 Å². The molecule has 0 saturated heterocycles. The van der Waals surface area contributed by atoms with E-state index >= 15 is 0 Å². The van der Waals surface area contributed by atoms with Crippen molar-refractivity contribution < 1.29 is 4.74 Å². The number of hydrogen-bond acceptors (Lipinski definition) is 3. The minimum atomic E-state index is 0.446. The van der Waals surface area contributed by atoms with Crippen LogP contribution in [0, 0.1) is 6.92 Å². The maximum atomic E-state index is 5.52. The Bertz CT molecular complexity index is 272. The SMILES string of the molecule is CCCOCCC(NC)c1sccc1C. The van der Waals surface area contributed by atoms with E-state index in [0.717, 1.165) is 26.1 Å². The Kier molecular flexibility index (Phi) is 5.91. The number of thiophene rings is 1. The Labute approximate surface area is 96.7 Å². The summed E-state index contributed by atoms with van der Waals surface area (Å²) in [6.45, 7) is 6.03. The van der Waals surface area contributed by atoms with Crippen LogP contribution in [0.1, 0.15) is 36.2 Å². The molecule has 0 bridgehead atoms. The summed E-state index contributed by atoms with van der Waals surface area (Å²) >= 11 is 1.83. The molecule has 0 aliphatic rings. The maximum Gasteiger partial charge on any atom is 0.0484 e. The van der Waals surface area contributed by atoms with Gasteiger partial charge in [-0.3, -0.25) is 0 Å². The lowest BCUT2D eigenvalue weighted by Crippen LogP contribution is -2.18. The van der Waals surface area contributed by atoms with E-state index in [4.69, 9.17) is 4.74 Å². The van der Waals surface area contributed by atoms with Gasteiger partial charge in [0.1, 0.15) is 0 Å². The average Bonchev–Trinajstić information content (AvgIpc) is 2.65. The van der Waals surface area contributed by atoms with Gasteiger partial charge in [0.05, 0.1) is 0 Å². The van der Waals surface area contributed by atoms with Crippen LogP contribution in [0.25, 0.3) is 0 Å². The topological polar surface area (TPSA) is 21.3 Å². The lowest BCUT2D eigenvalue weighted by molar-refractivity contribution is 0.125. The normalized spacial score (nSPS) is 13.0. The van der Waals surface area contributed by atoms with E-state index in [-0.39, 0.29) is 0 Å². The molecule has 1 aromatic heterocycles. The monoisotopic (exact) mass is 227 g/mol. The number of nitrogens with one attached hydrogen (secondary N) is 1. The van der Waals surface area contributed by atoms with Gasteiger partial charge in [-0.2, -0.15) is 0 Å². The summed E-state index contributed by atoms with van der Waals surface area (Å²) in [5, 5.41) is 5.51. The molecule has 1 N–H and O–H groups in total. The molecule has 1 unspecified atom stereocenters. The molecule has 86 valence electrons. The molecule has 0 aliphatic heterocycles. The van der Waals surface area contributed by atoms with E-state index in [0.29, 0.717) is 6.04 Å². The summed E-state index contributed by atoms with van der Waals surface area (Å²) in [5.74, 6) is 0. The number of aryl methyl sites for hydroxylation is 1. The zero-order valence-corrected chi connectivity index (χ0v) is 10.7. The summed E-state index contributed by atoms with van der Waals surface area (Å²) in [5.41, 5.74) is 1.38. The van der Waals surface area contributed by atoms with Gasteiger partial charge in [-0.05, 0) is 43.8 Å². The van der Waals surface area contributed by atoms with E-state index < -0.39 is 0 Å². The molecule has 0 spiro atoms. The summed E-state index contributed by atoms with van der Waals surface area (Å²) in [6.07, 6.45) is 2.15. The van der Waals surface area contributed by atoms with Crippen molar-refractivity contribution in [3.8, 4) is 0 Å². The minimum absolute atomic E-state index is 0.446. The Morgan fingerprint density at radius 1 is 1.47 bits per heavy atom. The highest BCUT2D eigenvalue weighted by Crippen LogP contribution is 2.25. The second kappa shape index (κ2) is 6.99. The summed E-state index contributed by atoms with van der Waals surface area (Å²) in [4.78, 5) is 1.44. The highest BCUT2D eigenvalue weighted by molar-refractivity contribution is 7.10. The molecule has 0 aromatic carbocycles. The van der Waals surface area contributed by atoms with Crippen molar-refractivity contribution in [3.63, 3.8) is 0 Å². The fourth-order valence-electron chi connectivity index (χ4n) is 1.60. The van der Waals surface area contributed by atoms with Gasteiger partial charge in [0.25, 0.3) is 0 Å². The van der Waals surface area contributed by atoms with Crippen molar-refractivity contribution in [1.82, 2.24) is 5.32 Å². The lowest BCUT2D eigenvalue weighted by Gasteiger charge is -2.15. The molecule has 1 rings (SSSR count). The largest absolute Gasteiger partial charge is 0.381 e. The van der Waals surface area contributed by atoms with Gasteiger partial charge in [0.15, 0.2) is 0 Å². The Morgan fingerprint density at radius 2 is 2.27 bits per heavy atom. The average molecular weight is 227 g/mol. The van der Waals surface area contributed by atoms with Crippen molar-refractivity contribution in [1.29, 1.82) is 0 Å². The molecule has 3 heteroatoms. The van der Waals surface area contributed by atoms with E-state index in [9.17, 15) is 0 Å². The summed E-state index contributed by atoms with van der Waals surface area (Å²) < 4.78 is 5.52. The summed E-state index contributed by atoms with van der Waals surface area (Å²) in [7, 11) is 2.02. The zero-order chi connectivity index (χ0) is 11.1. The molecular formula is C12H21NOS. The smallest absolute Gasteiger partial charge is 0.0484 e. The van der Waals surface area contributed by atoms with Crippen LogP contribution in [0.15, 0.2) is 11.4 Å². The van der Waals surface area contributed by atoms with Gasteiger partial charge >= 0.3 is 0 Å². The fraction of sp³-hybridized carbons (Fsp3) is 0.667. The van der Waals surface area contributed by atoms with Crippen molar-refractivity contribution in [2.75, 3.05) is 20.3 Å². The predicted octanol–water partition coefficient (Wildman–Crippen LogP) is 3.13. The van der Waals surface area contributed by atoms with Crippen LogP contribution in [-0.2, 0) is 4.74 Å². The third-order valence-corrected chi connectivity index (χ3v) is 3.60. The molecule has 1 heterocycles. The molecule has 0 aliphatic carbocycles. The van der Waals surface area contributed by atoms with Gasteiger partial charge in [-0.1, -0.05) is 6.92 Å². The molecule has 15 heavy (non-hydrogen) atoms. The van der Waals surface area contributed by atoms with Crippen LogP contribution in [0.4, 0.5) is 0 Å². The van der Waals surface area contributed by atoms with Crippen LogP contribution in [0.3, 0.4) is 0 Å². The van der Waals surface area contributed by atoms with E-state index in [1.807, 2.05) is 18.4 Å². The first-order valence-corrected chi connectivity index (χ1v) is 6.46. The van der Waals surface area contributed by atoms with Gasteiger partial charge in [-0.25, -0.2) is 0 Å². The fourth-order valence-corrected chi connectivity index (χ4v) is 2.67. The van der Waals surface area contributed by atoms with Gasteiger partial charge in [-0.15, -0.1) is 11.3 Å². The lowest BCUT2D eigenvalue weighted by atomic mass is 10.1. The highest BCUT2D eigenvalue weighted by atomic mass is 32.1. The Morgan fingerprint density at radius 3 is 2.80 bits per heavy atom. The van der Waals surface area contributed by atoms with Crippen LogP contribution in [-0.4, -0.2) is 20.3 Å². The Hall–Kier alpha value is -0.380. The molecule has 0 saturated carbocycles. The van der Waals surface area contributed by atoms with Gasteiger partial charge in [0, 0.05) is 24.1 Å². The molecular weight excluding hydrogens is 206 g/mol. The van der Waals surface area contributed by atoms with Crippen molar-refractivity contribution in [2.24, 2.45) is 0 Å². The molecule has 1 atom stereocenters. The van der Waals surface area contributed by atoms with Crippen molar-refractivity contribution in [3.05, 3.63) is 21.9 Å². The second-order valence-corrected chi connectivity index (χ2v) is 4.66. The van der Waals surface area contributed by atoms with Crippen LogP contribution in [0.2, 0.25) is 0 Å². The second-order valence-electron chi connectivity index (χ2n) is 3.71. The van der Waals surface area contributed by atoms with Crippen molar-refractivity contribution in [2.45, 2.75) is 32.7 Å². The molecule has 2 nitrogen and oxygen atoms in total. The van der Waals surface area contributed by atoms with Crippen LogP contribution < -0.4 is 5.32 Å². The van der Waals surface area contributed by atoms with E-state index in [1.165, 1.54) is 10.4 Å². The zero-order valence-electron chi connectivity index (χ0n) is 9.88. The number of rotatable bonds is 7. The number of hydrogen-bond donors (Lipinski definition) is 1. The van der Waals surface area contributed by atoms with Crippen LogP contribution >= 0.6 is 11.3 Å². The minimum Gasteiger partial charge on any atom is -0.381 e. The summed E-state index contributed by atoms with van der Waals surface area (Å²) in [6, 6.07) is 2.62. The van der Waals surface area contributed by atoms with Gasteiger partial charge < -0.3 is 10.1 Å². The maximum absolute atomic E-state index is 5.52. The third-order valence-electron chi connectivity index (χ3n) is 2.47. The van der Waals surface area contributed by atoms with Crippen LogP contribution in [0.5, 0.6) is 0 Å². The first-order valence-electron chi connectivity index (χ1n) is 5.58. The number of ether oxygens (including phenoxy) is 1. The Balaban J connectivity index is 2.39. The molecule has 1 aromatic rings. The van der Waals surface area contributed by atoms with Crippen molar-refractivity contribution >= 4 is 11.3 Å². The predicted molar refractivity (Wildman–Crippen MR) is 66.6 cm³/mol. The molecule has 0 fully saturated rings. The molecule has 0 amide bonds. The first kappa shape index (κ1) is 12.7. The molecule has 0 radical (unpaired) electrons. The quantitative estimate of drug-likeness (QED) is 0.723. The first-order chi connectivity index (χ1) is 7.29. The highest BCUT2D eigenvalue weighted by Gasteiger charge is 2.12. The van der Waals surface area contributed by atoms with Gasteiger partial charge in [0.2, 0.25) is 0 Å². The van der Waals surface area contributed by atoms with E-state index in [1.54, 1.807) is 0 Å². The standard InChI is InChI=1S/C12H21NOS/c1-4-7-14-8-5-11(13-3)12-10(2)6-9-15-12/h6,9,11,13H,4-5,7-8H2,1-3H3.